The van der Waals surface area contributed by atoms with E-state index in [2.05, 4.69) is 44.3 Å². The van der Waals surface area contributed by atoms with Crippen molar-refractivity contribution in [3.05, 3.63) is 77.2 Å². The molecule has 0 fully saturated rings. The second kappa shape index (κ2) is 11.2. The quantitative estimate of drug-likeness (QED) is 0.181. The summed E-state index contributed by atoms with van der Waals surface area (Å²) in [4.78, 5) is 12.3. The number of hydrogen-bond acceptors (Lipinski definition) is 3. The number of hydrogen-bond donors (Lipinski definition) is 0. The molecule has 3 heterocycles. The van der Waals surface area contributed by atoms with Crippen molar-refractivity contribution in [2.45, 2.75) is 51.5 Å². The molecule has 0 aliphatic rings. The minimum atomic E-state index is -0.0393. The van der Waals surface area contributed by atoms with Gasteiger partial charge in [0.2, 0.25) is 0 Å². The van der Waals surface area contributed by atoms with Crippen LogP contribution in [0.4, 0.5) is 0 Å². The van der Waals surface area contributed by atoms with Gasteiger partial charge in [0, 0.05) is 35.3 Å². The Bertz CT molecular complexity index is 1180. The van der Waals surface area contributed by atoms with Crippen molar-refractivity contribution in [3.8, 4) is 22.5 Å². The maximum absolute atomic E-state index is 12.3. The number of fused-ring (bicyclic) bond motifs is 1. The molecule has 6 heteroatoms. The second-order valence-corrected chi connectivity index (χ2v) is 8.92. The normalized spacial score (nSPS) is 11.3. The van der Waals surface area contributed by atoms with Crippen LogP contribution in [0.15, 0.2) is 71.7 Å². The Balaban J connectivity index is 1.43. The van der Waals surface area contributed by atoms with Gasteiger partial charge in [-0.2, -0.15) is 10.2 Å². The van der Waals surface area contributed by atoms with E-state index >= 15 is 0 Å². The molecule has 0 aliphatic heterocycles. The third kappa shape index (κ3) is 5.74. The van der Waals surface area contributed by atoms with Crippen molar-refractivity contribution in [2.75, 3.05) is 5.33 Å². The van der Waals surface area contributed by atoms with Crippen LogP contribution in [-0.4, -0.2) is 24.7 Å². The zero-order valence-corrected chi connectivity index (χ0v) is 19.9. The van der Waals surface area contributed by atoms with E-state index in [1.165, 1.54) is 32.1 Å². The SMILES string of the molecule is O=c1ccc(-c2cccc(-c3cc4ccccn4n3)c2)nn1CCCCCCCCCBr. The van der Waals surface area contributed by atoms with Crippen molar-refractivity contribution < 1.29 is 0 Å². The highest BCUT2D eigenvalue weighted by atomic mass is 79.9. The average Bonchev–Trinajstić information content (AvgIpc) is 3.26. The third-order valence-corrected chi connectivity index (χ3v) is 6.25. The van der Waals surface area contributed by atoms with Gasteiger partial charge in [0.15, 0.2) is 0 Å². The highest BCUT2D eigenvalue weighted by Crippen LogP contribution is 2.25. The number of rotatable bonds is 11. The summed E-state index contributed by atoms with van der Waals surface area (Å²) < 4.78 is 3.49. The van der Waals surface area contributed by atoms with Crippen molar-refractivity contribution in [1.82, 2.24) is 19.4 Å². The topological polar surface area (TPSA) is 52.2 Å². The van der Waals surface area contributed by atoms with E-state index < -0.39 is 0 Å². The number of pyridine rings is 1. The summed E-state index contributed by atoms with van der Waals surface area (Å²) in [6.07, 6.45) is 10.4. The Morgan fingerprint density at radius 1 is 0.719 bits per heavy atom. The van der Waals surface area contributed by atoms with Crippen LogP contribution in [0.25, 0.3) is 28.0 Å². The van der Waals surface area contributed by atoms with Gasteiger partial charge in [0.25, 0.3) is 5.56 Å². The Kier molecular flexibility index (Phi) is 7.88. The summed E-state index contributed by atoms with van der Waals surface area (Å²) in [5, 5.41) is 10.4. The van der Waals surface area contributed by atoms with E-state index in [0.29, 0.717) is 6.54 Å². The van der Waals surface area contributed by atoms with Gasteiger partial charge in [-0.15, -0.1) is 0 Å². The first-order valence-corrected chi connectivity index (χ1v) is 12.6. The molecule has 0 atom stereocenters. The molecule has 32 heavy (non-hydrogen) atoms. The zero-order valence-electron chi connectivity index (χ0n) is 18.3. The molecule has 0 saturated carbocycles. The minimum Gasteiger partial charge on any atom is -0.268 e. The Labute approximate surface area is 197 Å². The van der Waals surface area contributed by atoms with E-state index in [4.69, 9.17) is 0 Å². The zero-order chi connectivity index (χ0) is 22.2. The summed E-state index contributed by atoms with van der Waals surface area (Å²) in [7, 11) is 0. The number of nitrogens with zero attached hydrogens (tertiary/aromatic N) is 4. The van der Waals surface area contributed by atoms with Gasteiger partial charge >= 0.3 is 0 Å². The summed E-state index contributed by atoms with van der Waals surface area (Å²) >= 11 is 3.48. The number of aryl methyl sites for hydroxylation is 1. The highest BCUT2D eigenvalue weighted by Gasteiger charge is 2.08. The lowest BCUT2D eigenvalue weighted by atomic mass is 10.1. The maximum Gasteiger partial charge on any atom is 0.266 e. The third-order valence-electron chi connectivity index (χ3n) is 5.69. The fourth-order valence-electron chi connectivity index (χ4n) is 3.92. The maximum atomic E-state index is 12.3. The van der Waals surface area contributed by atoms with Gasteiger partial charge in [0.1, 0.15) is 0 Å². The Morgan fingerprint density at radius 3 is 2.25 bits per heavy atom. The van der Waals surface area contributed by atoms with Crippen molar-refractivity contribution in [1.29, 1.82) is 0 Å². The molecule has 5 nitrogen and oxygen atoms in total. The predicted molar refractivity (Wildman–Crippen MR) is 134 cm³/mol. The second-order valence-electron chi connectivity index (χ2n) is 8.12. The Morgan fingerprint density at radius 2 is 1.47 bits per heavy atom. The molecule has 0 bridgehead atoms. The molecular formula is C26H29BrN4O. The van der Waals surface area contributed by atoms with E-state index in [9.17, 15) is 4.79 Å². The number of benzene rings is 1. The van der Waals surface area contributed by atoms with Gasteiger partial charge in [-0.25, -0.2) is 9.20 Å². The lowest BCUT2D eigenvalue weighted by Gasteiger charge is -2.08. The lowest BCUT2D eigenvalue weighted by Crippen LogP contribution is -2.22. The summed E-state index contributed by atoms with van der Waals surface area (Å²) in [5.41, 5.74) is 4.77. The highest BCUT2D eigenvalue weighted by molar-refractivity contribution is 9.09. The Hall–Kier alpha value is -2.73. The van der Waals surface area contributed by atoms with E-state index in [-0.39, 0.29) is 5.56 Å². The summed E-state index contributed by atoms with van der Waals surface area (Å²) in [5.74, 6) is 0. The largest absolute Gasteiger partial charge is 0.268 e. The van der Waals surface area contributed by atoms with Gasteiger partial charge in [-0.05, 0) is 43.2 Å². The first-order valence-electron chi connectivity index (χ1n) is 11.4. The fourth-order valence-corrected chi connectivity index (χ4v) is 4.32. The predicted octanol–water partition coefficient (Wildman–Crippen LogP) is 6.35. The fraction of sp³-hybridized carbons (Fsp3) is 0.346. The standard InChI is InChI=1S/C26H29BrN4O/c27-16-7-4-2-1-3-5-8-18-31-26(32)15-14-24(28-31)21-11-10-12-22(19-21)25-20-23-13-6-9-17-30(23)29-25/h6,9-15,17,19-20H,1-5,7-8,16,18H2. The van der Waals surface area contributed by atoms with Crippen LogP contribution < -0.4 is 5.56 Å². The molecule has 4 aromatic rings. The van der Waals surface area contributed by atoms with Crippen LogP contribution in [0.1, 0.15) is 44.9 Å². The molecule has 0 aliphatic carbocycles. The van der Waals surface area contributed by atoms with Crippen LogP contribution >= 0.6 is 15.9 Å². The molecule has 1 aromatic carbocycles. The number of alkyl halides is 1. The lowest BCUT2D eigenvalue weighted by molar-refractivity contribution is 0.508. The number of halogens is 1. The molecule has 4 rings (SSSR count). The van der Waals surface area contributed by atoms with Gasteiger partial charge in [0.05, 0.1) is 16.9 Å². The monoisotopic (exact) mass is 492 g/mol. The first-order chi connectivity index (χ1) is 15.7. The smallest absolute Gasteiger partial charge is 0.266 e. The number of aromatic nitrogens is 4. The first kappa shape index (κ1) is 22.5. The molecule has 0 radical (unpaired) electrons. The van der Waals surface area contributed by atoms with E-state index in [0.717, 1.165) is 46.2 Å². The summed E-state index contributed by atoms with van der Waals surface area (Å²) in [6.45, 7) is 0.667. The van der Waals surface area contributed by atoms with Crippen LogP contribution in [0.5, 0.6) is 0 Å². The average molecular weight is 493 g/mol. The van der Waals surface area contributed by atoms with Gasteiger partial charge < -0.3 is 0 Å². The molecule has 0 N–H and O–H groups in total. The minimum absolute atomic E-state index is 0.0393. The van der Waals surface area contributed by atoms with Crippen molar-refractivity contribution >= 4 is 21.4 Å². The van der Waals surface area contributed by atoms with E-state index in [1.807, 2.05) is 47.1 Å². The van der Waals surface area contributed by atoms with Crippen molar-refractivity contribution in [3.63, 3.8) is 0 Å². The van der Waals surface area contributed by atoms with Crippen molar-refractivity contribution in [2.24, 2.45) is 0 Å². The summed E-state index contributed by atoms with van der Waals surface area (Å²) in [6, 6.07) is 19.7. The molecule has 0 unspecified atom stereocenters. The van der Waals surface area contributed by atoms with Gasteiger partial charge in [-0.1, -0.05) is 72.3 Å². The van der Waals surface area contributed by atoms with E-state index in [1.54, 1.807) is 10.7 Å². The molecule has 3 aromatic heterocycles. The van der Waals surface area contributed by atoms with Crippen LogP contribution in [-0.2, 0) is 6.54 Å². The van der Waals surface area contributed by atoms with Crippen LogP contribution in [0, 0.1) is 0 Å². The number of unbranched alkanes of at least 4 members (excludes halogenated alkanes) is 6. The molecule has 0 amide bonds. The molecular weight excluding hydrogens is 464 g/mol. The van der Waals surface area contributed by atoms with Crippen LogP contribution in [0.2, 0.25) is 0 Å². The molecule has 0 spiro atoms. The molecule has 166 valence electrons. The van der Waals surface area contributed by atoms with Crippen LogP contribution in [0.3, 0.4) is 0 Å². The molecule has 0 saturated heterocycles. The van der Waals surface area contributed by atoms with Gasteiger partial charge in [-0.3, -0.25) is 4.79 Å².